The Morgan fingerprint density at radius 2 is 1.58 bits per heavy atom. The van der Waals surface area contributed by atoms with Crippen molar-refractivity contribution in [1.82, 2.24) is 4.90 Å². The molecule has 3 heterocycles. The minimum Gasteiger partial charge on any atom is -0.454 e. The van der Waals surface area contributed by atoms with Crippen LogP contribution < -0.4 is 14.5 Å². The molecule has 14 heteroatoms. The number of non-ortho nitro benzene ring substituents is 1. The van der Waals surface area contributed by atoms with Crippen LogP contribution in [-0.4, -0.2) is 60.3 Å². The third kappa shape index (κ3) is 7.06. The molecule has 8 rings (SSSR count). The number of aliphatic hydroxyl groups is 1. The number of nitro groups is 1. The van der Waals surface area contributed by atoms with Crippen LogP contribution in [0.4, 0.5) is 26.9 Å². The Kier molecular flexibility index (Phi) is 10.4. The fourth-order valence-corrected chi connectivity index (χ4v) is 11.5. The first kappa shape index (κ1) is 39.6. The summed E-state index contributed by atoms with van der Waals surface area (Å²) in [5, 5.41) is 22.0. The van der Waals surface area contributed by atoms with Crippen molar-refractivity contribution in [3.63, 3.8) is 0 Å². The number of carbonyl (C=O) groups is 3. The number of fused-ring (bicyclic) bond motifs is 4. The second-order valence-corrected chi connectivity index (χ2v) is 19.5. The summed E-state index contributed by atoms with van der Waals surface area (Å²) >= 11 is 0. The third-order valence-electron chi connectivity index (χ3n) is 11.7. The van der Waals surface area contributed by atoms with Crippen molar-refractivity contribution in [2.24, 2.45) is 5.92 Å². The van der Waals surface area contributed by atoms with Gasteiger partial charge in [0.25, 0.3) is 17.5 Å². The van der Waals surface area contributed by atoms with E-state index in [0.29, 0.717) is 39.7 Å². The Balaban J connectivity index is 1.12. The van der Waals surface area contributed by atoms with E-state index in [9.17, 15) is 24.8 Å². The molecule has 0 aliphatic carbocycles. The molecule has 0 aromatic heterocycles. The molecular formula is C45H43FN4O8Si. The maximum Gasteiger partial charge on any atom is 0.269 e. The van der Waals surface area contributed by atoms with Gasteiger partial charge in [-0.25, -0.2) is 0 Å². The van der Waals surface area contributed by atoms with Gasteiger partial charge in [-0.15, -0.1) is 0 Å². The molecule has 3 aliphatic rings. The topological polar surface area (TPSA) is 143 Å². The normalized spacial score (nSPS) is 20.8. The number of rotatable bonds is 11. The minimum atomic E-state index is -3.69. The third-order valence-corrected chi connectivity index (χ3v) is 14.1. The van der Waals surface area contributed by atoms with Crippen LogP contribution in [0, 0.1) is 16.0 Å². The second kappa shape index (κ2) is 15.5. The van der Waals surface area contributed by atoms with Gasteiger partial charge >= 0.3 is 0 Å². The van der Waals surface area contributed by atoms with Gasteiger partial charge in [0.1, 0.15) is 5.75 Å². The molecule has 0 radical (unpaired) electrons. The number of nitro benzene ring substituents is 1. The van der Waals surface area contributed by atoms with Gasteiger partial charge in [-0.3, -0.25) is 29.4 Å². The number of nitrogens with zero attached hydrogens (tertiary/aromatic N) is 4. The van der Waals surface area contributed by atoms with Crippen molar-refractivity contribution in [1.29, 1.82) is 0 Å². The van der Waals surface area contributed by atoms with Gasteiger partial charge in [0.05, 0.1) is 47.5 Å². The number of carbonyl (C=O) groups excluding carboxylic acids is 3. The lowest BCUT2D eigenvalue weighted by atomic mass is 9.82. The number of ether oxygens (including phenoxy) is 2. The van der Waals surface area contributed by atoms with E-state index in [2.05, 4.69) is 0 Å². The number of halogens is 1. The van der Waals surface area contributed by atoms with Gasteiger partial charge in [-0.05, 0) is 66.7 Å². The first-order valence-corrected chi connectivity index (χ1v) is 22.5. The zero-order chi connectivity index (χ0) is 41.6. The first-order chi connectivity index (χ1) is 28.3. The van der Waals surface area contributed by atoms with Crippen LogP contribution in [0.15, 0.2) is 121 Å². The van der Waals surface area contributed by atoms with E-state index in [0.717, 1.165) is 5.56 Å². The van der Waals surface area contributed by atoms with Gasteiger partial charge in [-0.2, -0.15) is 0 Å². The van der Waals surface area contributed by atoms with Crippen LogP contribution in [0.2, 0.25) is 18.6 Å². The van der Waals surface area contributed by atoms with E-state index in [1.807, 2.05) is 42.5 Å². The van der Waals surface area contributed by atoms with E-state index in [1.54, 1.807) is 72.5 Å². The first-order valence-electron chi connectivity index (χ1n) is 19.5. The number of benzene rings is 5. The number of para-hydroxylation sites is 3. The average Bonchev–Trinajstić information content (AvgIpc) is 3.59. The standard InChI is InChI=1S/C45H43FN4O8Si/c1-29-42(59(2,3)46)40(26-41(52)47(23-24-51)27-30-11-5-4-6-12-30)58-45(29)35-25-33(50(55)56)21-22-36(35)48(44(45)54)28-31-17-19-32(20-18-31)49-37-14-8-10-16-39(37)57-38-15-9-7-13-34(38)43(49)53/h4-22,25,29,40,42,51H,23-24,26-28H2,1-3H3/t29-,40+,42-,45+/m0/s1. The molecule has 0 saturated carbocycles. The molecule has 302 valence electrons. The van der Waals surface area contributed by atoms with Crippen LogP contribution in [0.1, 0.15) is 40.4 Å². The predicted molar refractivity (Wildman–Crippen MR) is 222 cm³/mol. The quantitative estimate of drug-likeness (QED) is 0.0607. The number of amides is 3. The van der Waals surface area contributed by atoms with Crippen LogP contribution in [-0.2, 0) is 33.0 Å². The summed E-state index contributed by atoms with van der Waals surface area (Å²) in [5.41, 5.74) is 0.782. The smallest absolute Gasteiger partial charge is 0.269 e. The van der Waals surface area contributed by atoms with Gasteiger partial charge in [0, 0.05) is 47.9 Å². The summed E-state index contributed by atoms with van der Waals surface area (Å²) in [6.07, 6.45) is -1.28. The van der Waals surface area contributed by atoms with Crippen LogP contribution >= 0.6 is 0 Å². The van der Waals surface area contributed by atoms with Crippen molar-refractivity contribution in [3.8, 4) is 11.5 Å². The molecule has 5 aromatic rings. The molecule has 5 aromatic carbocycles. The summed E-state index contributed by atoms with van der Waals surface area (Å²) in [6, 6.07) is 34.9. The fourth-order valence-electron chi connectivity index (χ4n) is 9.02. The molecule has 3 amide bonds. The van der Waals surface area contributed by atoms with E-state index < -0.39 is 42.4 Å². The summed E-state index contributed by atoms with van der Waals surface area (Å²) in [5.74, 6) is -1.01. The fraction of sp³-hybridized carbons (Fsp3) is 0.267. The largest absolute Gasteiger partial charge is 0.454 e. The van der Waals surface area contributed by atoms with Crippen LogP contribution in [0.25, 0.3) is 0 Å². The highest BCUT2D eigenvalue weighted by molar-refractivity contribution is 6.72. The van der Waals surface area contributed by atoms with E-state index in [4.69, 9.17) is 9.47 Å². The molecule has 0 unspecified atom stereocenters. The van der Waals surface area contributed by atoms with Crippen molar-refractivity contribution in [2.45, 2.75) is 56.8 Å². The molecule has 1 saturated heterocycles. The Labute approximate surface area is 341 Å². The highest BCUT2D eigenvalue weighted by Crippen LogP contribution is 2.61. The Morgan fingerprint density at radius 3 is 2.27 bits per heavy atom. The summed E-state index contributed by atoms with van der Waals surface area (Å²) < 4.78 is 29.5. The molecule has 1 spiro atoms. The zero-order valence-electron chi connectivity index (χ0n) is 32.8. The van der Waals surface area contributed by atoms with Gasteiger partial charge in [0.15, 0.2) is 11.4 Å². The number of anilines is 3. The maximum absolute atomic E-state index is 16.6. The predicted octanol–water partition coefficient (Wildman–Crippen LogP) is 8.41. The lowest BCUT2D eigenvalue weighted by Crippen LogP contribution is -2.45. The molecule has 1 fully saturated rings. The molecule has 12 nitrogen and oxygen atoms in total. The average molecular weight is 815 g/mol. The van der Waals surface area contributed by atoms with Crippen LogP contribution in [0.5, 0.6) is 11.5 Å². The maximum atomic E-state index is 16.6. The Hall–Kier alpha value is -6.22. The molecule has 59 heavy (non-hydrogen) atoms. The van der Waals surface area contributed by atoms with E-state index in [-0.39, 0.29) is 55.7 Å². The lowest BCUT2D eigenvalue weighted by molar-refractivity contribution is -0.385. The number of hydrogen-bond donors (Lipinski definition) is 1. The highest BCUT2D eigenvalue weighted by atomic mass is 28.4. The van der Waals surface area contributed by atoms with E-state index in [1.165, 1.54) is 41.1 Å². The number of hydrogen-bond acceptors (Lipinski definition) is 8. The minimum absolute atomic E-state index is 0.0320. The van der Waals surface area contributed by atoms with Crippen LogP contribution in [0.3, 0.4) is 0 Å². The van der Waals surface area contributed by atoms with Crippen molar-refractivity contribution < 1.29 is 38.0 Å². The molecule has 4 atom stereocenters. The molecule has 0 bridgehead atoms. The molecule has 3 aliphatic heterocycles. The molecule has 1 N–H and O–H groups in total. The van der Waals surface area contributed by atoms with Crippen molar-refractivity contribution >= 4 is 48.9 Å². The van der Waals surface area contributed by atoms with Gasteiger partial charge in [0.2, 0.25) is 14.3 Å². The van der Waals surface area contributed by atoms with Crippen molar-refractivity contribution in [3.05, 3.63) is 154 Å². The lowest BCUT2D eigenvalue weighted by Gasteiger charge is -2.31. The number of aliphatic hydroxyl groups excluding tert-OH is 1. The van der Waals surface area contributed by atoms with Gasteiger partial charge in [-0.1, -0.05) is 73.7 Å². The SMILES string of the molecule is C[C@H]1[C@H]([Si](C)(C)F)[C@@H](CC(=O)N(CCO)Cc2ccccc2)O[C@]12C(=O)N(Cc1ccc(N3C(=O)c4ccccc4Oc4ccccc43)cc1)c1ccc([N+](=O)[O-])cc12. The second-order valence-electron chi connectivity index (χ2n) is 15.7. The summed E-state index contributed by atoms with van der Waals surface area (Å²) in [6.45, 7) is 4.78. The Bertz CT molecular complexity index is 2450. The van der Waals surface area contributed by atoms with E-state index >= 15 is 8.90 Å². The monoisotopic (exact) mass is 814 g/mol. The molecular weight excluding hydrogens is 772 g/mol. The van der Waals surface area contributed by atoms with Crippen molar-refractivity contribution in [2.75, 3.05) is 23.0 Å². The Morgan fingerprint density at radius 1 is 0.898 bits per heavy atom. The highest BCUT2D eigenvalue weighted by Gasteiger charge is 2.67. The van der Waals surface area contributed by atoms with Gasteiger partial charge < -0.3 is 28.5 Å². The summed E-state index contributed by atoms with van der Waals surface area (Å²) in [7, 11) is -3.69. The summed E-state index contributed by atoms with van der Waals surface area (Å²) in [4.78, 5) is 59.2. The zero-order valence-corrected chi connectivity index (χ0v) is 33.8.